The van der Waals surface area contributed by atoms with Crippen LogP contribution < -0.4 is 26.6 Å². The van der Waals surface area contributed by atoms with E-state index in [4.69, 9.17) is 4.74 Å². The summed E-state index contributed by atoms with van der Waals surface area (Å²) in [4.78, 5) is 11.7. The molecule has 0 bridgehead atoms. The Morgan fingerprint density at radius 3 is 2.00 bits per heavy atom. The van der Waals surface area contributed by atoms with Crippen LogP contribution in [0.25, 0.3) is 0 Å². The molecular weight excluding hydrogens is 378 g/mol. The summed E-state index contributed by atoms with van der Waals surface area (Å²) in [5.74, 6) is -0.118. The maximum Gasteiger partial charge on any atom is 0.305 e. The first kappa shape index (κ1) is 23.9. The van der Waals surface area contributed by atoms with Gasteiger partial charge in [-0.2, -0.15) is 0 Å². The zero-order valence-corrected chi connectivity index (χ0v) is 19.2. The van der Waals surface area contributed by atoms with E-state index in [0.29, 0.717) is 43.2 Å². The van der Waals surface area contributed by atoms with Gasteiger partial charge in [0.1, 0.15) is 6.61 Å². The Labute approximate surface area is 183 Å². The van der Waals surface area contributed by atoms with Crippen molar-refractivity contribution in [2.45, 2.75) is 108 Å². The number of hydrogen-bond acceptors (Lipinski definition) is 7. The Morgan fingerprint density at radius 1 is 0.800 bits per heavy atom. The number of rotatable bonds is 3. The molecule has 0 spiro atoms. The third-order valence-corrected chi connectivity index (χ3v) is 7.04. The van der Waals surface area contributed by atoms with Gasteiger partial charge in [-0.15, -0.1) is 0 Å². The number of fused-ring (bicyclic) bond motifs is 2. The van der Waals surface area contributed by atoms with Gasteiger partial charge in [-0.3, -0.25) is 4.79 Å². The topological polar surface area (TPSA) is 86.5 Å². The summed E-state index contributed by atoms with van der Waals surface area (Å²) in [5, 5.41) is 19.0. The van der Waals surface area contributed by atoms with Gasteiger partial charge in [-0.1, -0.05) is 32.6 Å². The molecule has 1 aliphatic heterocycles. The molecule has 0 aromatic heterocycles. The van der Waals surface area contributed by atoms with Gasteiger partial charge in [-0.05, 0) is 32.6 Å². The largest absolute Gasteiger partial charge is 0.464 e. The van der Waals surface area contributed by atoms with Crippen molar-refractivity contribution < 1.29 is 9.53 Å². The summed E-state index contributed by atoms with van der Waals surface area (Å²) in [6.45, 7) is 8.32. The molecule has 7 heteroatoms. The highest BCUT2D eigenvalue weighted by atomic mass is 16.5. The number of carbonyl (C=O) groups excluding carboxylic acids is 1. The van der Waals surface area contributed by atoms with E-state index >= 15 is 0 Å². The smallest absolute Gasteiger partial charge is 0.305 e. The van der Waals surface area contributed by atoms with Crippen LogP contribution in [0.3, 0.4) is 0 Å². The van der Waals surface area contributed by atoms with Gasteiger partial charge in [0.2, 0.25) is 0 Å². The van der Waals surface area contributed by atoms with Crippen LogP contribution in [0.5, 0.6) is 0 Å². The minimum absolute atomic E-state index is 0.118. The molecule has 0 aromatic rings. The van der Waals surface area contributed by atoms with Crippen molar-refractivity contribution in [1.29, 1.82) is 0 Å². The van der Waals surface area contributed by atoms with Gasteiger partial charge in [0, 0.05) is 62.8 Å². The molecule has 1 saturated heterocycles. The van der Waals surface area contributed by atoms with Crippen molar-refractivity contribution in [3.8, 4) is 0 Å². The maximum atomic E-state index is 11.7. The van der Waals surface area contributed by atoms with Crippen LogP contribution in [0.4, 0.5) is 0 Å². The SMILES string of the molecule is CCC(=O)OC[C@H]1CN[C@@H]2CCCC[C@H]2NCCN[C@@H]2CCCC[C@H]2N[C@H](C)CN1. The van der Waals surface area contributed by atoms with Gasteiger partial charge in [0.05, 0.1) is 6.04 Å². The monoisotopic (exact) mass is 423 g/mol. The zero-order chi connectivity index (χ0) is 21.2. The van der Waals surface area contributed by atoms with Crippen molar-refractivity contribution in [2.75, 3.05) is 32.8 Å². The minimum atomic E-state index is -0.118. The summed E-state index contributed by atoms with van der Waals surface area (Å²) >= 11 is 0. The first-order chi connectivity index (χ1) is 14.7. The highest BCUT2D eigenvalue weighted by Gasteiger charge is 2.28. The van der Waals surface area contributed by atoms with Crippen LogP contribution >= 0.6 is 0 Å². The lowest BCUT2D eigenvalue weighted by Gasteiger charge is -2.35. The Kier molecular flexibility index (Phi) is 10.3. The first-order valence-electron chi connectivity index (χ1n) is 12.5. The number of carbonyl (C=O) groups is 1. The third kappa shape index (κ3) is 7.75. The molecule has 3 aliphatic rings. The molecule has 6 atom stereocenters. The molecule has 1 heterocycles. The van der Waals surface area contributed by atoms with Crippen LogP contribution in [-0.2, 0) is 9.53 Å². The van der Waals surface area contributed by atoms with E-state index in [1.165, 1.54) is 51.4 Å². The van der Waals surface area contributed by atoms with Crippen LogP contribution in [-0.4, -0.2) is 75.0 Å². The van der Waals surface area contributed by atoms with Crippen LogP contribution in [0.1, 0.15) is 71.6 Å². The van der Waals surface area contributed by atoms with E-state index in [9.17, 15) is 4.79 Å². The summed E-state index contributed by atoms with van der Waals surface area (Å²) in [5.41, 5.74) is 0. The minimum Gasteiger partial charge on any atom is -0.464 e. The van der Waals surface area contributed by atoms with Crippen molar-refractivity contribution in [3.05, 3.63) is 0 Å². The standard InChI is InChI=1S/C23H45N5O2/c1-3-23(29)30-16-18-15-27-20-9-5-4-8-19(20)24-12-13-25-21-10-6-7-11-22(21)28-17(2)14-26-18/h17-22,24-28H,3-16H2,1-2H3/t17-,18-,19-,20-,21-,22-/m1/s1. The van der Waals surface area contributed by atoms with E-state index in [1.807, 2.05) is 6.92 Å². The molecule has 2 saturated carbocycles. The summed E-state index contributed by atoms with van der Waals surface area (Å²) in [7, 11) is 0. The van der Waals surface area contributed by atoms with Gasteiger partial charge in [0.15, 0.2) is 0 Å². The molecule has 0 unspecified atom stereocenters. The average molecular weight is 424 g/mol. The Morgan fingerprint density at radius 2 is 1.37 bits per heavy atom. The molecule has 3 rings (SSSR count). The quantitative estimate of drug-likeness (QED) is 0.437. The van der Waals surface area contributed by atoms with Crippen LogP contribution in [0, 0.1) is 0 Å². The highest BCUT2D eigenvalue weighted by molar-refractivity contribution is 5.68. The lowest BCUT2D eigenvalue weighted by atomic mass is 9.89. The molecule has 30 heavy (non-hydrogen) atoms. The first-order valence-corrected chi connectivity index (χ1v) is 12.5. The fourth-order valence-corrected chi connectivity index (χ4v) is 5.26. The molecular formula is C23H45N5O2. The molecule has 0 radical (unpaired) electrons. The van der Waals surface area contributed by atoms with E-state index in [1.54, 1.807) is 0 Å². The van der Waals surface area contributed by atoms with Gasteiger partial charge in [-0.25, -0.2) is 0 Å². The summed E-state index contributed by atoms with van der Waals surface area (Å²) in [6.07, 6.45) is 10.7. The third-order valence-electron chi connectivity index (χ3n) is 7.04. The second-order valence-corrected chi connectivity index (χ2v) is 9.52. The average Bonchev–Trinajstić information content (AvgIpc) is 2.77. The molecule has 0 aromatic carbocycles. The van der Waals surface area contributed by atoms with Crippen molar-refractivity contribution in [2.24, 2.45) is 0 Å². The Bertz CT molecular complexity index is 506. The van der Waals surface area contributed by atoms with Gasteiger partial charge >= 0.3 is 5.97 Å². The van der Waals surface area contributed by atoms with E-state index in [-0.39, 0.29) is 12.0 Å². The normalized spacial score (nSPS) is 37.1. The van der Waals surface area contributed by atoms with Gasteiger partial charge in [0.25, 0.3) is 0 Å². The lowest BCUT2D eigenvalue weighted by molar-refractivity contribution is -0.144. The fourth-order valence-electron chi connectivity index (χ4n) is 5.26. The molecule has 7 nitrogen and oxygen atoms in total. The second-order valence-electron chi connectivity index (χ2n) is 9.52. The van der Waals surface area contributed by atoms with E-state index in [2.05, 4.69) is 33.5 Å². The number of esters is 1. The number of nitrogens with one attached hydrogen (secondary N) is 5. The maximum absolute atomic E-state index is 11.7. The lowest BCUT2D eigenvalue weighted by Crippen LogP contribution is -2.55. The summed E-state index contributed by atoms with van der Waals surface area (Å²) < 4.78 is 5.49. The highest BCUT2D eigenvalue weighted by Crippen LogP contribution is 2.20. The Balaban J connectivity index is 1.63. The number of ether oxygens (including phenoxy) is 1. The molecule has 174 valence electrons. The molecule has 0 amide bonds. The molecule has 5 N–H and O–H groups in total. The zero-order valence-electron chi connectivity index (χ0n) is 19.2. The number of hydrogen-bond donors (Lipinski definition) is 5. The van der Waals surface area contributed by atoms with Crippen molar-refractivity contribution in [1.82, 2.24) is 26.6 Å². The Hall–Kier alpha value is -0.730. The van der Waals surface area contributed by atoms with Crippen molar-refractivity contribution in [3.63, 3.8) is 0 Å². The van der Waals surface area contributed by atoms with E-state index < -0.39 is 0 Å². The molecule has 3 fully saturated rings. The predicted octanol–water partition coefficient (Wildman–Crippen LogP) is 1.28. The van der Waals surface area contributed by atoms with Crippen LogP contribution in [0.2, 0.25) is 0 Å². The second kappa shape index (κ2) is 13.0. The molecule has 2 aliphatic carbocycles. The predicted molar refractivity (Wildman–Crippen MR) is 122 cm³/mol. The summed E-state index contributed by atoms with van der Waals surface area (Å²) in [6, 6.07) is 2.65. The van der Waals surface area contributed by atoms with Gasteiger partial charge < -0.3 is 31.3 Å². The fraction of sp³-hybridized carbons (Fsp3) is 0.957. The van der Waals surface area contributed by atoms with Crippen LogP contribution in [0.15, 0.2) is 0 Å². The van der Waals surface area contributed by atoms with E-state index in [0.717, 1.165) is 26.2 Å². The van der Waals surface area contributed by atoms with Crippen molar-refractivity contribution >= 4 is 5.97 Å².